The van der Waals surface area contributed by atoms with Crippen molar-refractivity contribution in [2.45, 2.75) is 40.7 Å². The Kier molecular flexibility index (Phi) is 5.54. The standard InChI is InChI=1S/C8H9N5O.C5H10O.C2H6/c1-4-10-6-5-7(11-4)12-8(14)13(5)3-2-9-6;1-5-2-3-6-4-5;1-2/h2-3H2,1H3,(H2,9,10,11,12,14);5H,2-4H2,1H3;1-2H3. The Morgan fingerprint density at radius 2 is 2.09 bits per heavy atom. The highest BCUT2D eigenvalue weighted by Gasteiger charge is 2.17. The summed E-state index contributed by atoms with van der Waals surface area (Å²) in [5, 5.41) is 3.15. The summed E-state index contributed by atoms with van der Waals surface area (Å²) in [6.07, 6.45) is 1.26. The average molecular weight is 307 g/mol. The second-order valence-corrected chi connectivity index (χ2v) is 5.29. The van der Waals surface area contributed by atoms with Gasteiger partial charge in [-0.05, 0) is 19.3 Å². The maximum Gasteiger partial charge on any atom is 0.327 e. The fourth-order valence-electron chi connectivity index (χ4n) is 2.45. The third-order valence-electron chi connectivity index (χ3n) is 3.52. The number of nitrogens with zero attached hydrogens (tertiary/aromatic N) is 3. The van der Waals surface area contributed by atoms with Crippen LogP contribution in [0.15, 0.2) is 4.79 Å². The fourth-order valence-corrected chi connectivity index (χ4v) is 2.45. The lowest BCUT2D eigenvalue weighted by Gasteiger charge is -2.14. The first kappa shape index (κ1) is 16.5. The van der Waals surface area contributed by atoms with E-state index < -0.39 is 0 Å². The molecule has 0 spiro atoms. The number of rotatable bonds is 0. The van der Waals surface area contributed by atoms with Gasteiger partial charge in [0, 0.05) is 26.3 Å². The van der Waals surface area contributed by atoms with Crippen molar-refractivity contribution in [3.63, 3.8) is 0 Å². The monoisotopic (exact) mass is 307 g/mol. The summed E-state index contributed by atoms with van der Waals surface area (Å²) < 4.78 is 6.72. The van der Waals surface area contributed by atoms with E-state index in [1.54, 1.807) is 4.57 Å². The van der Waals surface area contributed by atoms with Gasteiger partial charge in [0.25, 0.3) is 0 Å². The number of hydrogen-bond donors (Lipinski definition) is 2. The molecule has 7 heteroatoms. The Balaban J connectivity index is 0.000000186. The van der Waals surface area contributed by atoms with Crippen molar-refractivity contribution in [1.82, 2.24) is 19.5 Å². The number of aryl methyl sites for hydroxylation is 1. The van der Waals surface area contributed by atoms with Gasteiger partial charge in [-0.2, -0.15) is 0 Å². The van der Waals surface area contributed by atoms with E-state index in [0.29, 0.717) is 18.0 Å². The first-order valence-electron chi connectivity index (χ1n) is 7.94. The third kappa shape index (κ3) is 3.47. The molecule has 2 aliphatic rings. The Labute approximate surface area is 130 Å². The van der Waals surface area contributed by atoms with Crippen molar-refractivity contribution in [2.24, 2.45) is 5.92 Å². The van der Waals surface area contributed by atoms with Gasteiger partial charge in [0.15, 0.2) is 11.5 Å². The zero-order valence-electron chi connectivity index (χ0n) is 13.8. The van der Waals surface area contributed by atoms with Gasteiger partial charge >= 0.3 is 5.69 Å². The Morgan fingerprint density at radius 3 is 2.68 bits per heavy atom. The summed E-state index contributed by atoms with van der Waals surface area (Å²) in [4.78, 5) is 22.6. The quantitative estimate of drug-likeness (QED) is 0.777. The lowest BCUT2D eigenvalue weighted by molar-refractivity contribution is 0.188. The summed E-state index contributed by atoms with van der Waals surface area (Å²) in [7, 11) is 0. The average Bonchev–Trinajstić information content (AvgIpc) is 3.11. The minimum Gasteiger partial charge on any atom is -0.381 e. The predicted molar refractivity (Wildman–Crippen MR) is 87.3 cm³/mol. The summed E-state index contributed by atoms with van der Waals surface area (Å²) in [5.41, 5.74) is 1.29. The van der Waals surface area contributed by atoms with Crippen molar-refractivity contribution in [3.8, 4) is 0 Å². The largest absolute Gasteiger partial charge is 0.381 e. The molecule has 1 unspecified atom stereocenters. The van der Waals surface area contributed by atoms with Crippen LogP contribution >= 0.6 is 0 Å². The molecular weight excluding hydrogens is 282 g/mol. The normalized spacial score (nSPS) is 18.8. The molecule has 122 valence electrons. The maximum atomic E-state index is 11.5. The molecule has 4 rings (SSSR count). The fraction of sp³-hybridized carbons (Fsp3) is 0.667. The summed E-state index contributed by atoms with van der Waals surface area (Å²) in [5.74, 6) is 2.23. The van der Waals surface area contributed by atoms with Gasteiger partial charge in [-0.25, -0.2) is 14.8 Å². The molecule has 0 amide bonds. The van der Waals surface area contributed by atoms with Gasteiger partial charge in [-0.15, -0.1) is 0 Å². The number of imidazole rings is 1. The van der Waals surface area contributed by atoms with E-state index in [0.717, 1.165) is 37.0 Å². The second kappa shape index (κ2) is 7.40. The maximum absolute atomic E-state index is 11.5. The molecule has 1 saturated heterocycles. The Morgan fingerprint density at radius 1 is 1.32 bits per heavy atom. The highest BCUT2D eigenvalue weighted by molar-refractivity contribution is 5.83. The highest BCUT2D eigenvalue weighted by Crippen LogP contribution is 2.20. The molecule has 0 aromatic carbocycles. The molecule has 7 nitrogen and oxygen atoms in total. The molecule has 2 aromatic heterocycles. The summed E-state index contributed by atoms with van der Waals surface area (Å²) in [6.45, 7) is 11.4. The van der Waals surface area contributed by atoms with Crippen LogP contribution < -0.4 is 11.0 Å². The van der Waals surface area contributed by atoms with Crippen LogP contribution in [0.1, 0.15) is 33.0 Å². The molecule has 2 aliphatic heterocycles. The summed E-state index contributed by atoms with van der Waals surface area (Å²) >= 11 is 0. The van der Waals surface area contributed by atoms with E-state index in [2.05, 4.69) is 27.2 Å². The van der Waals surface area contributed by atoms with Gasteiger partial charge in [0.1, 0.15) is 11.3 Å². The number of nitrogens with one attached hydrogen (secondary N) is 2. The number of anilines is 1. The molecule has 1 fully saturated rings. The van der Waals surface area contributed by atoms with Crippen LogP contribution in [0, 0.1) is 12.8 Å². The van der Waals surface area contributed by atoms with E-state index >= 15 is 0 Å². The molecule has 1 atom stereocenters. The molecule has 0 aliphatic carbocycles. The predicted octanol–water partition coefficient (Wildman–Crippen LogP) is 1.92. The van der Waals surface area contributed by atoms with Crippen molar-refractivity contribution < 1.29 is 4.74 Å². The zero-order valence-corrected chi connectivity index (χ0v) is 13.8. The number of hydrogen-bond acceptors (Lipinski definition) is 5. The zero-order chi connectivity index (χ0) is 16.1. The number of ether oxygens (including phenoxy) is 1. The third-order valence-corrected chi connectivity index (χ3v) is 3.52. The molecule has 0 radical (unpaired) electrons. The van der Waals surface area contributed by atoms with E-state index in [-0.39, 0.29) is 5.69 Å². The second-order valence-electron chi connectivity index (χ2n) is 5.29. The first-order valence-corrected chi connectivity index (χ1v) is 7.94. The van der Waals surface area contributed by atoms with Crippen molar-refractivity contribution in [1.29, 1.82) is 0 Å². The van der Waals surface area contributed by atoms with Crippen LogP contribution in [0.5, 0.6) is 0 Å². The van der Waals surface area contributed by atoms with Gasteiger partial charge < -0.3 is 10.1 Å². The van der Waals surface area contributed by atoms with E-state index in [1.807, 2.05) is 20.8 Å². The summed E-state index contributed by atoms with van der Waals surface area (Å²) in [6, 6.07) is 0. The van der Waals surface area contributed by atoms with E-state index in [9.17, 15) is 4.79 Å². The van der Waals surface area contributed by atoms with Crippen LogP contribution in [-0.4, -0.2) is 39.3 Å². The highest BCUT2D eigenvalue weighted by atomic mass is 16.5. The lowest BCUT2D eigenvalue weighted by atomic mass is 10.2. The van der Waals surface area contributed by atoms with Crippen LogP contribution in [-0.2, 0) is 11.3 Å². The Hall–Kier alpha value is -1.89. The van der Waals surface area contributed by atoms with Gasteiger partial charge in [0.2, 0.25) is 0 Å². The van der Waals surface area contributed by atoms with Gasteiger partial charge in [0.05, 0.1) is 0 Å². The van der Waals surface area contributed by atoms with Crippen LogP contribution in [0.3, 0.4) is 0 Å². The van der Waals surface area contributed by atoms with Gasteiger partial charge in [-0.1, -0.05) is 20.8 Å². The Bertz CT molecular complexity index is 670. The van der Waals surface area contributed by atoms with Crippen LogP contribution in [0.25, 0.3) is 11.2 Å². The minimum absolute atomic E-state index is 0.109. The van der Waals surface area contributed by atoms with Crippen molar-refractivity contribution in [3.05, 3.63) is 16.3 Å². The molecular formula is C15H25N5O2. The molecule has 4 heterocycles. The van der Waals surface area contributed by atoms with Crippen molar-refractivity contribution >= 4 is 17.0 Å². The lowest BCUT2D eigenvalue weighted by Crippen LogP contribution is -2.25. The van der Waals surface area contributed by atoms with Gasteiger partial charge in [-0.3, -0.25) is 9.55 Å². The number of H-pyrrole nitrogens is 1. The number of aromatic nitrogens is 4. The number of aromatic amines is 1. The topological polar surface area (TPSA) is 84.8 Å². The van der Waals surface area contributed by atoms with Crippen LogP contribution in [0.2, 0.25) is 0 Å². The van der Waals surface area contributed by atoms with Crippen molar-refractivity contribution in [2.75, 3.05) is 25.1 Å². The SMILES string of the molecule is CC.CC1CCOC1.Cc1nc2c3c(n1)[nH]c(=O)n3CCN2. The first-order chi connectivity index (χ1) is 10.6. The smallest absolute Gasteiger partial charge is 0.327 e. The van der Waals surface area contributed by atoms with E-state index in [1.165, 1.54) is 6.42 Å². The molecule has 0 bridgehead atoms. The minimum atomic E-state index is -0.109. The van der Waals surface area contributed by atoms with Crippen LogP contribution in [0.4, 0.5) is 5.82 Å². The molecule has 2 N–H and O–H groups in total. The molecule has 2 aromatic rings. The van der Waals surface area contributed by atoms with E-state index in [4.69, 9.17) is 4.74 Å². The molecule has 0 saturated carbocycles. The molecule has 22 heavy (non-hydrogen) atoms.